The van der Waals surface area contributed by atoms with E-state index in [0.717, 1.165) is 0 Å². The Morgan fingerprint density at radius 1 is 1.12 bits per heavy atom. The van der Waals surface area contributed by atoms with Crippen LogP contribution in [-0.2, 0) is 14.8 Å². The van der Waals surface area contributed by atoms with E-state index in [-0.39, 0.29) is 15.7 Å². The van der Waals surface area contributed by atoms with Crippen molar-refractivity contribution < 1.29 is 13.2 Å². The Morgan fingerprint density at radius 2 is 1.76 bits per heavy atom. The fraction of sp³-hybridized carbons (Fsp3) is 0.167. The van der Waals surface area contributed by atoms with Gasteiger partial charge < -0.3 is 4.90 Å². The molecule has 0 saturated heterocycles. The number of nitrogens with zero attached hydrogens (tertiary/aromatic N) is 1. The van der Waals surface area contributed by atoms with Gasteiger partial charge in [-0.25, -0.2) is 8.42 Å². The summed E-state index contributed by atoms with van der Waals surface area (Å²) in [7, 11) is -0.318. The Balaban J connectivity index is 2.50. The molecule has 0 aromatic heterocycles. The van der Waals surface area contributed by atoms with E-state index in [4.69, 9.17) is 11.6 Å². The summed E-state index contributed by atoms with van der Waals surface area (Å²) in [6.45, 7) is 1.43. The number of rotatable bonds is 6. The topological polar surface area (TPSA) is 66.5 Å². The van der Waals surface area contributed by atoms with Crippen molar-refractivity contribution in [3.05, 3.63) is 65.3 Å². The van der Waals surface area contributed by atoms with Gasteiger partial charge in [0.1, 0.15) is 4.90 Å². The molecule has 0 atom stereocenters. The first kappa shape index (κ1) is 19.0. The number of ketones is 1. The van der Waals surface area contributed by atoms with Gasteiger partial charge in [0.25, 0.3) is 10.0 Å². The summed E-state index contributed by atoms with van der Waals surface area (Å²) in [6.07, 6.45) is 1.65. The number of halogens is 1. The van der Waals surface area contributed by atoms with Crippen LogP contribution >= 0.6 is 11.6 Å². The average Bonchev–Trinajstić information content (AvgIpc) is 2.53. The Morgan fingerprint density at radius 3 is 2.32 bits per heavy atom. The van der Waals surface area contributed by atoms with E-state index >= 15 is 0 Å². The number of sulfonamides is 1. The second-order valence-electron chi connectivity index (χ2n) is 5.68. The molecule has 132 valence electrons. The highest BCUT2D eigenvalue weighted by Crippen LogP contribution is 2.28. The van der Waals surface area contributed by atoms with Crippen molar-refractivity contribution in [1.29, 1.82) is 0 Å². The normalized spacial score (nSPS) is 11.9. The van der Waals surface area contributed by atoms with Gasteiger partial charge in [-0.1, -0.05) is 35.9 Å². The maximum Gasteiger partial charge on any atom is 0.263 e. The van der Waals surface area contributed by atoms with E-state index < -0.39 is 10.0 Å². The molecule has 2 rings (SSSR count). The number of hydrogen-bond donors (Lipinski definition) is 1. The summed E-state index contributed by atoms with van der Waals surface area (Å²) >= 11 is 6.10. The number of carbonyl (C=O) groups excluding carboxylic acids is 1. The summed E-state index contributed by atoms with van der Waals surface area (Å²) in [4.78, 5) is 13.6. The molecule has 2 aromatic rings. The third kappa shape index (κ3) is 4.84. The molecule has 0 unspecified atom stereocenters. The van der Waals surface area contributed by atoms with Gasteiger partial charge in [0.2, 0.25) is 0 Å². The Bertz CT molecular complexity index is 907. The lowest BCUT2D eigenvalue weighted by Gasteiger charge is -2.13. The van der Waals surface area contributed by atoms with Crippen molar-refractivity contribution in [1.82, 2.24) is 4.90 Å². The predicted molar refractivity (Wildman–Crippen MR) is 101 cm³/mol. The van der Waals surface area contributed by atoms with Crippen LogP contribution < -0.4 is 4.72 Å². The van der Waals surface area contributed by atoms with Crippen molar-refractivity contribution >= 4 is 38.7 Å². The summed E-state index contributed by atoms with van der Waals surface area (Å²) in [5.74, 6) is -0.171. The Kier molecular flexibility index (Phi) is 5.87. The molecule has 0 saturated carbocycles. The summed E-state index contributed by atoms with van der Waals surface area (Å²) < 4.78 is 27.8. The van der Waals surface area contributed by atoms with E-state index in [9.17, 15) is 13.2 Å². The van der Waals surface area contributed by atoms with Crippen LogP contribution in [0.15, 0.2) is 59.6 Å². The van der Waals surface area contributed by atoms with Gasteiger partial charge in [-0.15, -0.1) is 0 Å². The molecule has 0 heterocycles. The summed E-state index contributed by atoms with van der Waals surface area (Å²) in [5, 5.41) is 0.0833. The van der Waals surface area contributed by atoms with Crippen LogP contribution in [0.1, 0.15) is 12.5 Å². The van der Waals surface area contributed by atoms with Crippen molar-refractivity contribution in [2.75, 3.05) is 18.8 Å². The second kappa shape index (κ2) is 7.72. The van der Waals surface area contributed by atoms with Crippen LogP contribution in [0.3, 0.4) is 0 Å². The SMILES string of the molecule is CC(=O)C(=CN(C)C)c1ccc(Cl)c(S(=O)(=O)Nc2ccccc2)c1. The first-order valence-corrected chi connectivity index (χ1v) is 9.34. The highest BCUT2D eigenvalue weighted by molar-refractivity contribution is 7.92. The smallest absolute Gasteiger partial charge is 0.263 e. The van der Waals surface area contributed by atoms with E-state index in [0.29, 0.717) is 16.8 Å². The van der Waals surface area contributed by atoms with Crippen LogP contribution in [0.4, 0.5) is 5.69 Å². The highest BCUT2D eigenvalue weighted by Gasteiger charge is 2.20. The number of anilines is 1. The molecular weight excluding hydrogens is 360 g/mol. The van der Waals surface area contributed by atoms with Crippen molar-refractivity contribution in [3.63, 3.8) is 0 Å². The molecule has 1 N–H and O–H groups in total. The lowest BCUT2D eigenvalue weighted by atomic mass is 10.0. The molecular formula is C18H19ClN2O3S. The van der Waals surface area contributed by atoms with Crippen LogP contribution in [-0.4, -0.2) is 33.2 Å². The van der Waals surface area contributed by atoms with Crippen molar-refractivity contribution in [2.45, 2.75) is 11.8 Å². The zero-order valence-electron chi connectivity index (χ0n) is 14.2. The maximum atomic E-state index is 12.7. The zero-order valence-corrected chi connectivity index (χ0v) is 15.7. The summed E-state index contributed by atoms with van der Waals surface area (Å²) in [6, 6.07) is 13.0. The number of para-hydroxylation sites is 1. The first-order chi connectivity index (χ1) is 11.7. The largest absolute Gasteiger partial charge is 0.383 e. The van der Waals surface area contributed by atoms with Gasteiger partial charge in [0.05, 0.1) is 5.02 Å². The van der Waals surface area contributed by atoms with Gasteiger partial charge in [-0.05, 0) is 36.8 Å². The molecule has 0 bridgehead atoms. The monoisotopic (exact) mass is 378 g/mol. The van der Waals surface area contributed by atoms with Crippen LogP contribution in [0, 0.1) is 0 Å². The summed E-state index contributed by atoms with van der Waals surface area (Å²) in [5.41, 5.74) is 1.32. The van der Waals surface area contributed by atoms with Gasteiger partial charge >= 0.3 is 0 Å². The minimum Gasteiger partial charge on any atom is -0.383 e. The standard InChI is InChI=1S/C18H19ClN2O3S/c1-13(22)16(12-21(2)3)14-9-10-17(19)18(11-14)25(23,24)20-15-7-5-4-6-8-15/h4-12,20H,1-3H3. The maximum absolute atomic E-state index is 12.7. The van der Waals surface area contributed by atoms with E-state index in [1.807, 2.05) is 0 Å². The minimum absolute atomic E-state index is 0.0820. The number of hydrogen-bond acceptors (Lipinski definition) is 4. The fourth-order valence-electron chi connectivity index (χ4n) is 2.22. The van der Waals surface area contributed by atoms with Crippen molar-refractivity contribution in [2.24, 2.45) is 0 Å². The molecule has 7 heteroatoms. The molecule has 25 heavy (non-hydrogen) atoms. The Hall–Kier alpha value is -2.31. The number of allylic oxidation sites excluding steroid dienone is 1. The molecule has 5 nitrogen and oxygen atoms in total. The number of Topliss-reactive ketones (excluding diaryl/α,β-unsaturated/α-hetero) is 1. The Labute approximate surface area is 153 Å². The van der Waals surface area contributed by atoms with Gasteiger partial charge in [-0.2, -0.15) is 0 Å². The molecule has 0 fully saturated rings. The van der Waals surface area contributed by atoms with Crippen LogP contribution in [0.5, 0.6) is 0 Å². The van der Waals surface area contributed by atoms with Gasteiger partial charge in [0, 0.05) is 31.6 Å². The minimum atomic E-state index is -3.89. The third-order valence-electron chi connectivity index (χ3n) is 3.32. The number of carbonyl (C=O) groups is 1. The molecule has 2 aromatic carbocycles. The highest BCUT2D eigenvalue weighted by atomic mass is 35.5. The quantitative estimate of drug-likeness (QED) is 0.779. The van der Waals surface area contributed by atoms with Crippen LogP contribution in [0.2, 0.25) is 5.02 Å². The predicted octanol–water partition coefficient (Wildman–Crippen LogP) is 3.63. The van der Waals surface area contributed by atoms with E-state index in [2.05, 4.69) is 4.72 Å². The number of benzene rings is 2. The molecule has 0 aliphatic rings. The number of nitrogens with one attached hydrogen (secondary N) is 1. The van der Waals surface area contributed by atoms with Gasteiger partial charge in [-0.3, -0.25) is 9.52 Å². The van der Waals surface area contributed by atoms with Crippen LogP contribution in [0.25, 0.3) is 5.57 Å². The lowest BCUT2D eigenvalue weighted by molar-refractivity contribution is -0.111. The van der Waals surface area contributed by atoms with Crippen molar-refractivity contribution in [3.8, 4) is 0 Å². The molecule has 0 spiro atoms. The third-order valence-corrected chi connectivity index (χ3v) is 5.19. The van der Waals surface area contributed by atoms with Gasteiger partial charge in [0.15, 0.2) is 5.78 Å². The molecule has 0 aliphatic carbocycles. The second-order valence-corrected chi connectivity index (χ2v) is 7.74. The molecule has 0 amide bonds. The lowest BCUT2D eigenvalue weighted by Crippen LogP contribution is -2.14. The van der Waals surface area contributed by atoms with E-state index in [1.54, 1.807) is 61.6 Å². The first-order valence-electron chi connectivity index (χ1n) is 7.47. The van der Waals surface area contributed by atoms with E-state index in [1.165, 1.54) is 19.1 Å². The molecule has 0 aliphatic heterocycles. The zero-order chi connectivity index (χ0) is 18.6. The fourth-order valence-corrected chi connectivity index (χ4v) is 3.81. The average molecular weight is 379 g/mol. The molecule has 0 radical (unpaired) electrons.